The molecule has 0 bridgehead atoms. The van der Waals surface area contributed by atoms with Crippen molar-refractivity contribution in [3.63, 3.8) is 0 Å². The van der Waals surface area contributed by atoms with E-state index in [2.05, 4.69) is 9.72 Å². The van der Waals surface area contributed by atoms with Crippen molar-refractivity contribution in [2.24, 2.45) is 0 Å². The molecule has 0 aromatic carbocycles. The van der Waals surface area contributed by atoms with Gasteiger partial charge in [0.1, 0.15) is 5.15 Å². The number of esters is 1. The molecule has 0 aliphatic carbocycles. The Morgan fingerprint density at radius 3 is 2.76 bits per heavy atom. The van der Waals surface area contributed by atoms with E-state index >= 15 is 0 Å². The van der Waals surface area contributed by atoms with Crippen molar-refractivity contribution in [3.05, 3.63) is 29.0 Å². The fraction of sp³-hybridized carbons (Fsp3) is 0.500. The van der Waals surface area contributed by atoms with Gasteiger partial charge in [-0.1, -0.05) is 17.7 Å². The average molecular weight is 257 g/mol. The number of rotatable bonds is 5. The van der Waals surface area contributed by atoms with Crippen molar-refractivity contribution in [2.75, 3.05) is 13.7 Å². The first-order valence-corrected chi connectivity index (χ1v) is 5.83. The van der Waals surface area contributed by atoms with Crippen molar-refractivity contribution in [2.45, 2.75) is 26.4 Å². The molecule has 4 nitrogen and oxygen atoms in total. The van der Waals surface area contributed by atoms with Gasteiger partial charge in [-0.3, -0.25) is 9.69 Å². The lowest BCUT2D eigenvalue weighted by molar-refractivity contribution is -0.142. The summed E-state index contributed by atoms with van der Waals surface area (Å²) >= 11 is 5.82. The molecule has 0 atom stereocenters. The molecule has 0 fully saturated rings. The van der Waals surface area contributed by atoms with Crippen LogP contribution in [0.25, 0.3) is 0 Å². The molecule has 0 spiro atoms. The van der Waals surface area contributed by atoms with E-state index < -0.39 is 0 Å². The molecule has 0 saturated carbocycles. The molecule has 1 aromatic rings. The van der Waals surface area contributed by atoms with Gasteiger partial charge in [0.05, 0.1) is 19.3 Å². The van der Waals surface area contributed by atoms with Crippen LogP contribution in [0.1, 0.15) is 19.5 Å². The van der Waals surface area contributed by atoms with Crippen LogP contribution in [-0.2, 0) is 16.1 Å². The van der Waals surface area contributed by atoms with Crippen molar-refractivity contribution in [3.8, 4) is 0 Å². The van der Waals surface area contributed by atoms with E-state index in [-0.39, 0.29) is 18.6 Å². The number of aromatic nitrogens is 1. The molecule has 17 heavy (non-hydrogen) atoms. The lowest BCUT2D eigenvalue weighted by Crippen LogP contribution is -2.35. The second-order valence-electron chi connectivity index (χ2n) is 4.03. The fourth-order valence-electron chi connectivity index (χ4n) is 1.40. The zero-order valence-corrected chi connectivity index (χ0v) is 11.1. The first kappa shape index (κ1) is 13.9. The molecule has 0 aliphatic rings. The number of halogens is 1. The molecule has 0 saturated heterocycles. The number of nitrogens with zero attached hydrogens (tertiary/aromatic N) is 2. The maximum atomic E-state index is 11.3. The SMILES string of the molecule is COC(=O)CN(Cc1cccc(Cl)n1)C(C)C. The van der Waals surface area contributed by atoms with Crippen LogP contribution in [0, 0.1) is 0 Å². The van der Waals surface area contributed by atoms with Crippen molar-refractivity contribution in [1.82, 2.24) is 9.88 Å². The first-order valence-electron chi connectivity index (χ1n) is 5.45. The maximum Gasteiger partial charge on any atom is 0.319 e. The summed E-state index contributed by atoms with van der Waals surface area (Å²) in [5, 5.41) is 0.462. The lowest BCUT2D eigenvalue weighted by atomic mass is 10.2. The number of ether oxygens (including phenoxy) is 1. The van der Waals surface area contributed by atoms with Crippen molar-refractivity contribution >= 4 is 17.6 Å². The largest absolute Gasteiger partial charge is 0.468 e. The van der Waals surface area contributed by atoms with Crippen LogP contribution in [0.15, 0.2) is 18.2 Å². The van der Waals surface area contributed by atoms with Gasteiger partial charge in [0.15, 0.2) is 0 Å². The molecule has 1 aromatic heterocycles. The Kier molecular flexibility index (Phi) is 5.38. The Bertz CT molecular complexity index is 383. The van der Waals surface area contributed by atoms with Crippen LogP contribution < -0.4 is 0 Å². The van der Waals surface area contributed by atoms with Gasteiger partial charge in [-0.15, -0.1) is 0 Å². The predicted octanol–water partition coefficient (Wildman–Crippen LogP) is 2.12. The van der Waals surface area contributed by atoms with Gasteiger partial charge in [0, 0.05) is 12.6 Å². The summed E-state index contributed by atoms with van der Waals surface area (Å²) in [6.45, 7) is 4.87. The smallest absolute Gasteiger partial charge is 0.319 e. The van der Waals surface area contributed by atoms with Gasteiger partial charge in [-0.2, -0.15) is 0 Å². The molecular weight excluding hydrogens is 240 g/mol. The van der Waals surface area contributed by atoms with Gasteiger partial charge in [-0.25, -0.2) is 4.98 Å². The summed E-state index contributed by atoms with van der Waals surface area (Å²) in [4.78, 5) is 17.5. The fourth-order valence-corrected chi connectivity index (χ4v) is 1.58. The highest BCUT2D eigenvalue weighted by molar-refractivity contribution is 6.29. The van der Waals surface area contributed by atoms with E-state index in [0.29, 0.717) is 11.7 Å². The Morgan fingerprint density at radius 2 is 2.24 bits per heavy atom. The third-order valence-corrected chi connectivity index (χ3v) is 2.64. The second kappa shape index (κ2) is 6.57. The summed E-state index contributed by atoms with van der Waals surface area (Å²) in [6.07, 6.45) is 0. The van der Waals surface area contributed by atoms with Gasteiger partial charge < -0.3 is 4.74 Å². The summed E-state index contributed by atoms with van der Waals surface area (Å²) < 4.78 is 4.67. The number of methoxy groups -OCH3 is 1. The summed E-state index contributed by atoms with van der Waals surface area (Å²) in [5.41, 5.74) is 0.843. The molecule has 94 valence electrons. The first-order chi connectivity index (χ1) is 8.02. The highest BCUT2D eigenvalue weighted by Gasteiger charge is 2.15. The van der Waals surface area contributed by atoms with Crippen LogP contribution in [0.3, 0.4) is 0 Å². The minimum Gasteiger partial charge on any atom is -0.468 e. The Labute approximate surface area is 107 Å². The second-order valence-corrected chi connectivity index (χ2v) is 4.41. The third kappa shape index (κ3) is 4.71. The number of carbonyl (C=O) groups is 1. The molecule has 5 heteroatoms. The number of hydrogen-bond donors (Lipinski definition) is 0. The van der Waals surface area contributed by atoms with Crippen molar-refractivity contribution in [1.29, 1.82) is 0 Å². The molecule has 0 radical (unpaired) electrons. The van der Waals surface area contributed by atoms with E-state index in [1.54, 1.807) is 6.07 Å². The van der Waals surface area contributed by atoms with Crippen LogP contribution >= 0.6 is 11.6 Å². The minimum absolute atomic E-state index is 0.231. The van der Waals surface area contributed by atoms with Gasteiger partial charge in [-0.05, 0) is 26.0 Å². The number of hydrogen-bond acceptors (Lipinski definition) is 4. The number of carbonyl (C=O) groups excluding carboxylic acids is 1. The molecule has 0 amide bonds. The van der Waals surface area contributed by atoms with E-state index in [4.69, 9.17) is 11.6 Å². The number of pyridine rings is 1. The minimum atomic E-state index is -0.249. The molecule has 1 rings (SSSR count). The predicted molar refractivity (Wildman–Crippen MR) is 66.8 cm³/mol. The zero-order valence-electron chi connectivity index (χ0n) is 10.3. The zero-order chi connectivity index (χ0) is 12.8. The summed E-state index contributed by atoms with van der Waals surface area (Å²) in [5.74, 6) is -0.249. The topological polar surface area (TPSA) is 42.4 Å². The Hall–Kier alpha value is -1.13. The van der Waals surface area contributed by atoms with Gasteiger partial charge in [0.25, 0.3) is 0 Å². The monoisotopic (exact) mass is 256 g/mol. The van der Waals surface area contributed by atoms with E-state index in [1.165, 1.54) is 7.11 Å². The summed E-state index contributed by atoms with van der Waals surface area (Å²) in [7, 11) is 1.39. The molecule has 0 aliphatic heterocycles. The molecule has 1 heterocycles. The molecule has 0 unspecified atom stereocenters. The lowest BCUT2D eigenvalue weighted by Gasteiger charge is -2.24. The van der Waals surface area contributed by atoms with Crippen LogP contribution in [0.4, 0.5) is 0 Å². The van der Waals surface area contributed by atoms with Crippen molar-refractivity contribution < 1.29 is 9.53 Å². The van der Waals surface area contributed by atoms with E-state index in [1.807, 2.05) is 30.9 Å². The molecular formula is C12H17ClN2O2. The summed E-state index contributed by atoms with van der Waals surface area (Å²) in [6, 6.07) is 5.69. The van der Waals surface area contributed by atoms with Gasteiger partial charge >= 0.3 is 5.97 Å². The Morgan fingerprint density at radius 1 is 1.53 bits per heavy atom. The van der Waals surface area contributed by atoms with Crippen LogP contribution in [0.5, 0.6) is 0 Å². The van der Waals surface area contributed by atoms with Gasteiger partial charge in [0.2, 0.25) is 0 Å². The third-order valence-electron chi connectivity index (χ3n) is 2.43. The van der Waals surface area contributed by atoms with Crippen LogP contribution in [-0.4, -0.2) is 35.5 Å². The average Bonchev–Trinajstić information content (AvgIpc) is 2.27. The highest BCUT2D eigenvalue weighted by Crippen LogP contribution is 2.09. The van der Waals surface area contributed by atoms with E-state index in [0.717, 1.165) is 5.69 Å². The molecule has 0 N–H and O–H groups in total. The van der Waals surface area contributed by atoms with Crippen LogP contribution in [0.2, 0.25) is 5.15 Å². The normalized spacial score (nSPS) is 10.9. The Balaban J connectivity index is 2.70. The maximum absolute atomic E-state index is 11.3. The van der Waals surface area contributed by atoms with E-state index in [9.17, 15) is 4.79 Å². The highest BCUT2D eigenvalue weighted by atomic mass is 35.5. The quantitative estimate of drug-likeness (QED) is 0.598. The standard InChI is InChI=1S/C12H17ClN2O2/c1-9(2)15(8-12(16)17-3)7-10-5-4-6-11(13)14-10/h4-6,9H,7-8H2,1-3H3.